The fourth-order valence-corrected chi connectivity index (χ4v) is 4.69. The third-order valence-electron chi connectivity index (χ3n) is 4.31. The Balaban J connectivity index is 1.64. The lowest BCUT2D eigenvalue weighted by Gasteiger charge is -2.18. The van der Waals surface area contributed by atoms with Gasteiger partial charge in [0.25, 0.3) is 10.0 Å². The molecular weight excluding hydrogens is 388 g/mol. The number of nitrogens with zero attached hydrogens (tertiary/aromatic N) is 1. The van der Waals surface area contributed by atoms with Gasteiger partial charge in [-0.1, -0.05) is 23.7 Å². The number of carbonyl (C=O) groups is 1. The maximum absolute atomic E-state index is 12.9. The van der Waals surface area contributed by atoms with E-state index in [2.05, 4.69) is 5.32 Å². The van der Waals surface area contributed by atoms with Crippen molar-refractivity contribution in [2.24, 2.45) is 0 Å². The van der Waals surface area contributed by atoms with E-state index in [4.69, 9.17) is 16.3 Å². The Bertz CT molecular complexity index is 1110. The van der Waals surface area contributed by atoms with Crippen LogP contribution in [-0.2, 0) is 14.8 Å². The summed E-state index contributed by atoms with van der Waals surface area (Å²) in [7, 11) is -3.72. The molecule has 1 aliphatic rings. The summed E-state index contributed by atoms with van der Waals surface area (Å²) in [5.41, 5.74) is 1.33. The van der Waals surface area contributed by atoms with Crippen LogP contribution in [0.1, 0.15) is 22.1 Å². The number of ether oxygens (including phenoxy) is 1. The molecule has 1 N–H and O–H groups in total. The van der Waals surface area contributed by atoms with E-state index in [0.29, 0.717) is 22.0 Å². The van der Waals surface area contributed by atoms with E-state index in [9.17, 15) is 13.2 Å². The summed E-state index contributed by atoms with van der Waals surface area (Å²) in [5.74, 6) is -0.507. The van der Waals surface area contributed by atoms with Crippen LogP contribution in [0, 0.1) is 0 Å². The van der Waals surface area contributed by atoms with Crippen LogP contribution in [0.4, 0.5) is 5.69 Å². The normalized spacial score (nSPS) is 17.1. The molecule has 27 heavy (non-hydrogen) atoms. The summed E-state index contributed by atoms with van der Waals surface area (Å²) in [6.45, 7) is -0.0324. The fraction of sp³-hybridized carbons (Fsp3) is 0.105. The van der Waals surface area contributed by atoms with Crippen LogP contribution in [0.25, 0.3) is 0 Å². The van der Waals surface area contributed by atoms with E-state index in [-0.39, 0.29) is 11.5 Å². The molecule has 1 aromatic heterocycles. The van der Waals surface area contributed by atoms with Gasteiger partial charge in [-0.15, -0.1) is 0 Å². The molecule has 8 heteroatoms. The molecule has 0 fully saturated rings. The predicted molar refractivity (Wildman–Crippen MR) is 102 cm³/mol. The van der Waals surface area contributed by atoms with Crippen molar-refractivity contribution in [3.05, 3.63) is 83.1 Å². The largest absolute Gasteiger partial charge is 0.459 e. The molecule has 1 unspecified atom stereocenters. The zero-order chi connectivity index (χ0) is 19.0. The first-order chi connectivity index (χ1) is 13.0. The van der Waals surface area contributed by atoms with Crippen molar-refractivity contribution < 1.29 is 17.9 Å². The number of anilines is 1. The Morgan fingerprint density at radius 1 is 1.07 bits per heavy atom. The number of benzene rings is 2. The van der Waals surface area contributed by atoms with E-state index in [1.807, 2.05) is 0 Å². The van der Waals surface area contributed by atoms with Crippen LogP contribution in [-0.4, -0.2) is 25.0 Å². The van der Waals surface area contributed by atoms with E-state index < -0.39 is 22.0 Å². The van der Waals surface area contributed by atoms with Crippen molar-refractivity contribution in [1.82, 2.24) is 3.97 Å². The molecule has 1 aliphatic heterocycles. The SMILES string of the molecule is O=C(OCC1Nc2ccccc2S(=O)(=O)n2cccc21)c1ccc(Cl)cc1. The van der Waals surface area contributed by atoms with Crippen molar-refractivity contribution in [2.75, 3.05) is 11.9 Å². The van der Waals surface area contributed by atoms with Crippen LogP contribution in [0.5, 0.6) is 0 Å². The molecule has 0 saturated carbocycles. The Labute approximate surface area is 161 Å². The van der Waals surface area contributed by atoms with E-state index in [1.165, 1.54) is 10.2 Å². The number of aromatic nitrogens is 1. The molecule has 0 aliphatic carbocycles. The van der Waals surface area contributed by atoms with E-state index in [0.717, 1.165) is 0 Å². The standard InChI is InChI=1S/C19H15ClN2O4S/c20-14-9-7-13(8-10-14)19(23)26-12-16-17-5-3-11-22(17)27(24,25)18-6-2-1-4-15(18)21-16/h1-11,16,21H,12H2. The molecule has 0 saturated heterocycles. The highest BCUT2D eigenvalue weighted by Crippen LogP contribution is 2.33. The molecule has 2 aromatic carbocycles. The molecule has 3 aromatic rings. The molecule has 4 rings (SSSR count). The second-order valence-electron chi connectivity index (χ2n) is 6.03. The Hall–Kier alpha value is -2.77. The van der Waals surface area contributed by atoms with Crippen LogP contribution in [0.15, 0.2) is 71.8 Å². The van der Waals surface area contributed by atoms with Gasteiger partial charge in [0.05, 0.1) is 16.9 Å². The summed E-state index contributed by atoms with van der Waals surface area (Å²) < 4.78 is 32.5. The molecule has 6 nitrogen and oxygen atoms in total. The van der Waals surface area contributed by atoms with Gasteiger partial charge in [0.1, 0.15) is 17.5 Å². The highest BCUT2D eigenvalue weighted by atomic mass is 35.5. The van der Waals surface area contributed by atoms with Crippen LogP contribution in [0.2, 0.25) is 5.02 Å². The minimum Gasteiger partial charge on any atom is -0.459 e. The number of fused-ring (bicyclic) bond motifs is 2. The molecule has 0 spiro atoms. The molecule has 0 bridgehead atoms. The number of halogens is 1. The first kappa shape index (κ1) is 17.6. The van der Waals surface area contributed by atoms with Gasteiger partial charge in [-0.3, -0.25) is 0 Å². The number of rotatable bonds is 3. The number of hydrogen-bond acceptors (Lipinski definition) is 5. The third-order valence-corrected chi connectivity index (χ3v) is 6.33. The molecular formula is C19H15ClN2O4S. The maximum atomic E-state index is 12.9. The Kier molecular flexibility index (Phi) is 4.41. The molecule has 1 atom stereocenters. The molecule has 0 radical (unpaired) electrons. The van der Waals surface area contributed by atoms with Gasteiger partial charge < -0.3 is 10.1 Å². The average Bonchev–Trinajstić information content (AvgIpc) is 3.13. The van der Waals surface area contributed by atoms with Crippen molar-refractivity contribution >= 4 is 33.3 Å². The second kappa shape index (κ2) is 6.75. The van der Waals surface area contributed by atoms with Gasteiger partial charge in [-0.2, -0.15) is 0 Å². The average molecular weight is 403 g/mol. The van der Waals surface area contributed by atoms with Gasteiger partial charge in [0.2, 0.25) is 0 Å². The summed E-state index contributed by atoms with van der Waals surface area (Å²) in [4.78, 5) is 12.5. The van der Waals surface area contributed by atoms with Gasteiger partial charge >= 0.3 is 5.97 Å². The highest BCUT2D eigenvalue weighted by Gasteiger charge is 2.31. The summed E-state index contributed by atoms with van der Waals surface area (Å²) in [5, 5.41) is 3.70. The number of nitrogens with one attached hydrogen (secondary N) is 1. The zero-order valence-corrected chi connectivity index (χ0v) is 15.6. The third kappa shape index (κ3) is 3.20. The van der Waals surface area contributed by atoms with Crippen LogP contribution in [0.3, 0.4) is 0 Å². The van der Waals surface area contributed by atoms with Crippen LogP contribution < -0.4 is 5.32 Å². The molecule has 138 valence electrons. The number of carbonyl (C=O) groups excluding carboxylic acids is 1. The predicted octanol–water partition coefficient (Wildman–Crippen LogP) is 3.70. The van der Waals surface area contributed by atoms with Gasteiger partial charge in [0.15, 0.2) is 0 Å². The number of esters is 1. The first-order valence-electron chi connectivity index (χ1n) is 8.18. The quantitative estimate of drug-likeness (QED) is 0.676. The first-order valence-corrected chi connectivity index (χ1v) is 10.00. The smallest absolute Gasteiger partial charge is 0.338 e. The summed E-state index contributed by atoms with van der Waals surface area (Å²) in [6, 6.07) is 15.8. The minimum atomic E-state index is -3.72. The van der Waals surface area contributed by atoms with Crippen molar-refractivity contribution in [1.29, 1.82) is 0 Å². The lowest BCUT2D eigenvalue weighted by atomic mass is 10.2. The maximum Gasteiger partial charge on any atom is 0.338 e. The fourth-order valence-electron chi connectivity index (χ4n) is 3.00. The van der Waals surface area contributed by atoms with Gasteiger partial charge in [0, 0.05) is 11.2 Å². The highest BCUT2D eigenvalue weighted by molar-refractivity contribution is 7.90. The topological polar surface area (TPSA) is 77.4 Å². The molecule has 0 amide bonds. The van der Waals surface area contributed by atoms with Crippen molar-refractivity contribution in [3.63, 3.8) is 0 Å². The van der Waals surface area contributed by atoms with E-state index >= 15 is 0 Å². The summed E-state index contributed by atoms with van der Waals surface area (Å²) >= 11 is 5.83. The lowest BCUT2D eigenvalue weighted by Crippen LogP contribution is -2.21. The van der Waals surface area contributed by atoms with Gasteiger partial charge in [-0.05, 0) is 48.5 Å². The monoisotopic (exact) mass is 402 g/mol. The number of para-hydroxylation sites is 1. The minimum absolute atomic E-state index is 0.0324. The van der Waals surface area contributed by atoms with Crippen LogP contribution >= 0.6 is 11.6 Å². The van der Waals surface area contributed by atoms with E-state index in [1.54, 1.807) is 60.7 Å². The van der Waals surface area contributed by atoms with Crippen molar-refractivity contribution in [3.8, 4) is 0 Å². The summed E-state index contributed by atoms with van der Waals surface area (Å²) in [6.07, 6.45) is 1.49. The zero-order valence-electron chi connectivity index (χ0n) is 14.0. The molecule has 2 heterocycles. The second-order valence-corrected chi connectivity index (χ2v) is 8.25. The Morgan fingerprint density at radius 3 is 2.59 bits per heavy atom. The Morgan fingerprint density at radius 2 is 1.81 bits per heavy atom. The van der Waals surface area contributed by atoms with Gasteiger partial charge in [-0.25, -0.2) is 17.2 Å². The van der Waals surface area contributed by atoms with Crippen molar-refractivity contribution in [2.45, 2.75) is 10.9 Å². The lowest BCUT2D eigenvalue weighted by molar-refractivity contribution is 0.0487. The number of hydrogen-bond donors (Lipinski definition) is 1.